The lowest BCUT2D eigenvalue weighted by Gasteiger charge is -2.33. The van der Waals surface area contributed by atoms with E-state index in [2.05, 4.69) is 10.6 Å². The number of rotatable bonds is 16. The van der Waals surface area contributed by atoms with Crippen LogP contribution in [0.15, 0.2) is 30.3 Å². The number of hydrogen-bond donors (Lipinski definition) is 3. The number of ketones is 2. The highest BCUT2D eigenvalue weighted by atomic mass is 16.6. The van der Waals surface area contributed by atoms with Crippen molar-refractivity contribution in [2.45, 2.75) is 85.2 Å². The number of quaternary nitrogens is 1. The predicted octanol–water partition coefficient (Wildman–Crippen LogP) is 3.47. The summed E-state index contributed by atoms with van der Waals surface area (Å²) in [5.41, 5.74) is 0.543. The first-order chi connectivity index (χ1) is 19.3. The lowest BCUT2D eigenvalue weighted by atomic mass is 9.87. The van der Waals surface area contributed by atoms with E-state index in [0.29, 0.717) is 45.6 Å². The van der Waals surface area contributed by atoms with Gasteiger partial charge in [-0.25, -0.2) is 5.21 Å². The molecular formula is C32H50N3O6+. The zero-order chi connectivity index (χ0) is 30.2. The zero-order valence-electron chi connectivity index (χ0n) is 25.5. The van der Waals surface area contributed by atoms with Gasteiger partial charge in [0.05, 0.1) is 25.3 Å². The Bertz CT molecular complexity index is 1050. The van der Waals surface area contributed by atoms with Crippen molar-refractivity contribution in [3.63, 3.8) is 0 Å². The number of carbonyl (C=O) groups excluding carboxylic acids is 4. The van der Waals surface area contributed by atoms with Crippen molar-refractivity contribution in [1.29, 1.82) is 0 Å². The molecule has 1 aliphatic carbocycles. The van der Waals surface area contributed by atoms with Gasteiger partial charge in [-0.2, -0.15) is 4.65 Å². The van der Waals surface area contributed by atoms with Crippen molar-refractivity contribution in [2.75, 3.05) is 32.8 Å². The van der Waals surface area contributed by atoms with E-state index in [0.717, 1.165) is 18.4 Å². The molecule has 1 aromatic rings. The quantitative estimate of drug-likeness (QED) is 0.261. The summed E-state index contributed by atoms with van der Waals surface area (Å²) >= 11 is 0. The largest absolute Gasteiger partial charge is 0.370 e. The summed E-state index contributed by atoms with van der Waals surface area (Å²) in [4.78, 5) is 53.7. The molecule has 41 heavy (non-hydrogen) atoms. The molecule has 2 amide bonds. The van der Waals surface area contributed by atoms with Gasteiger partial charge in [0.25, 0.3) is 5.91 Å². The van der Waals surface area contributed by atoms with E-state index in [1.807, 2.05) is 65.0 Å². The number of nitrogens with one attached hydrogen (secondary N) is 2. The van der Waals surface area contributed by atoms with Crippen LogP contribution in [0.4, 0.5) is 0 Å². The van der Waals surface area contributed by atoms with Crippen LogP contribution in [0.2, 0.25) is 0 Å². The van der Waals surface area contributed by atoms with E-state index in [1.165, 1.54) is 0 Å². The predicted molar refractivity (Wildman–Crippen MR) is 156 cm³/mol. The van der Waals surface area contributed by atoms with Crippen molar-refractivity contribution >= 4 is 23.4 Å². The molecule has 1 heterocycles. The molecule has 1 aromatic carbocycles. The number of hydrogen-bond acceptors (Lipinski definition) is 6. The summed E-state index contributed by atoms with van der Waals surface area (Å²) in [6.45, 7) is 11.2. The fraction of sp³-hybridized carbons (Fsp3) is 0.688. The minimum atomic E-state index is -0.778. The molecule has 9 nitrogen and oxygen atoms in total. The molecular weight excluding hydrogens is 522 g/mol. The third-order valence-corrected chi connectivity index (χ3v) is 8.25. The average molecular weight is 573 g/mol. The van der Waals surface area contributed by atoms with Gasteiger partial charge in [-0.05, 0) is 49.5 Å². The molecule has 2 fully saturated rings. The molecule has 1 aliphatic heterocycles. The van der Waals surface area contributed by atoms with Crippen LogP contribution >= 0.6 is 0 Å². The number of hydroxylamine groups is 3. The van der Waals surface area contributed by atoms with Crippen LogP contribution in [-0.2, 0) is 30.3 Å². The van der Waals surface area contributed by atoms with Gasteiger partial charge in [0.2, 0.25) is 5.91 Å². The number of ether oxygens (including phenoxy) is 1. The van der Waals surface area contributed by atoms with E-state index < -0.39 is 28.6 Å². The molecule has 228 valence electrons. The molecule has 3 N–H and O–H groups in total. The maximum absolute atomic E-state index is 13.7. The Morgan fingerprint density at radius 3 is 2.07 bits per heavy atom. The summed E-state index contributed by atoms with van der Waals surface area (Å²) in [6, 6.07) is 8.17. The van der Waals surface area contributed by atoms with Gasteiger partial charge < -0.3 is 15.4 Å². The van der Waals surface area contributed by atoms with Gasteiger partial charge in [-0.1, -0.05) is 65.0 Å². The Hall–Kier alpha value is -2.62. The summed E-state index contributed by atoms with van der Waals surface area (Å²) in [5, 5.41) is 16.6. The molecule has 9 heteroatoms. The summed E-state index contributed by atoms with van der Waals surface area (Å²) in [6.07, 6.45) is 2.91. The topological polar surface area (TPSA) is 122 Å². The smallest absolute Gasteiger partial charge is 0.278 e. The van der Waals surface area contributed by atoms with Crippen LogP contribution in [0.3, 0.4) is 0 Å². The standard InChI is InChI=1S/C32H49N3O6/c1-22(2)17-26(33-29(37)21-35(40)13-15-41-16-14-35)28(36)20-25(19-24-9-7-6-8-10-24)31(39)34-27(18-23(3)4)30(38)32(5)11-12-32/h6-10,22-23,25-27,40H,11-21H2,1-5H3,(H-,33,34,37,39)/p+1/t25-,26+,27+/m1/s1. The minimum Gasteiger partial charge on any atom is -0.370 e. The third kappa shape index (κ3) is 10.3. The van der Waals surface area contributed by atoms with Crippen LogP contribution in [0, 0.1) is 23.2 Å². The van der Waals surface area contributed by atoms with E-state index in [1.54, 1.807) is 0 Å². The molecule has 0 unspecified atom stereocenters. The Labute approximate surface area is 244 Å². The molecule has 3 atom stereocenters. The monoisotopic (exact) mass is 572 g/mol. The van der Waals surface area contributed by atoms with E-state index in [9.17, 15) is 24.4 Å². The highest BCUT2D eigenvalue weighted by Crippen LogP contribution is 2.47. The summed E-state index contributed by atoms with van der Waals surface area (Å²) in [7, 11) is 0. The minimum absolute atomic E-state index is 0.0643. The van der Waals surface area contributed by atoms with Crippen LogP contribution < -0.4 is 10.6 Å². The molecule has 0 aromatic heterocycles. The normalized spacial score (nSPS) is 19.7. The van der Waals surface area contributed by atoms with Crippen LogP contribution in [0.5, 0.6) is 0 Å². The van der Waals surface area contributed by atoms with Crippen molar-refractivity contribution < 1.29 is 33.8 Å². The lowest BCUT2D eigenvalue weighted by molar-refractivity contribution is -1.10. The van der Waals surface area contributed by atoms with Crippen LogP contribution in [-0.4, -0.2) is 78.2 Å². The van der Waals surface area contributed by atoms with Gasteiger partial charge in [-0.3, -0.25) is 19.2 Å². The second-order valence-electron chi connectivity index (χ2n) is 13.2. The average Bonchev–Trinajstić information content (AvgIpc) is 3.65. The number of amides is 2. The van der Waals surface area contributed by atoms with Crippen LogP contribution in [0.25, 0.3) is 0 Å². The first-order valence-corrected chi connectivity index (χ1v) is 15.2. The Morgan fingerprint density at radius 2 is 1.51 bits per heavy atom. The number of morpholine rings is 1. The molecule has 1 saturated carbocycles. The van der Waals surface area contributed by atoms with E-state index in [4.69, 9.17) is 4.74 Å². The fourth-order valence-electron chi connectivity index (χ4n) is 5.48. The molecule has 1 saturated heterocycles. The van der Waals surface area contributed by atoms with Gasteiger partial charge in [-0.15, -0.1) is 0 Å². The van der Waals surface area contributed by atoms with Crippen LogP contribution in [0.1, 0.15) is 72.3 Å². The molecule has 0 radical (unpaired) electrons. The zero-order valence-corrected chi connectivity index (χ0v) is 25.5. The lowest BCUT2D eigenvalue weighted by Crippen LogP contribution is -2.58. The maximum atomic E-state index is 13.7. The van der Waals surface area contributed by atoms with Crippen molar-refractivity contribution in [3.05, 3.63) is 35.9 Å². The second-order valence-corrected chi connectivity index (χ2v) is 13.2. The SMILES string of the molecule is CC(C)C[C@H](NC(=O)C[N+]1(O)CCOCC1)C(=O)C[C@@H](Cc1ccccc1)C(=O)N[C@@H](CC(C)C)C(=O)C1(C)CC1. The number of carbonyl (C=O) groups is 4. The first kappa shape index (κ1) is 32.9. The summed E-state index contributed by atoms with van der Waals surface area (Å²) in [5.74, 6) is -1.23. The van der Waals surface area contributed by atoms with E-state index >= 15 is 0 Å². The van der Waals surface area contributed by atoms with Crippen molar-refractivity contribution in [1.82, 2.24) is 10.6 Å². The van der Waals surface area contributed by atoms with Crippen molar-refractivity contribution in [3.8, 4) is 0 Å². The summed E-state index contributed by atoms with van der Waals surface area (Å²) < 4.78 is 4.88. The highest BCUT2D eigenvalue weighted by molar-refractivity contribution is 5.97. The fourth-order valence-corrected chi connectivity index (χ4v) is 5.48. The van der Waals surface area contributed by atoms with Gasteiger partial charge in [0, 0.05) is 17.8 Å². The van der Waals surface area contributed by atoms with E-state index in [-0.39, 0.29) is 47.7 Å². The first-order valence-electron chi connectivity index (χ1n) is 15.2. The number of benzene rings is 1. The molecule has 3 rings (SSSR count). The molecule has 0 bridgehead atoms. The van der Waals surface area contributed by atoms with Gasteiger partial charge in [0.1, 0.15) is 13.1 Å². The van der Waals surface area contributed by atoms with Crippen molar-refractivity contribution in [2.24, 2.45) is 23.2 Å². The Balaban J connectivity index is 1.76. The van der Waals surface area contributed by atoms with Gasteiger partial charge >= 0.3 is 0 Å². The maximum Gasteiger partial charge on any atom is 0.278 e. The second kappa shape index (κ2) is 14.5. The molecule has 2 aliphatic rings. The third-order valence-electron chi connectivity index (χ3n) is 8.25. The Morgan fingerprint density at radius 1 is 0.927 bits per heavy atom. The highest BCUT2D eigenvalue weighted by Gasteiger charge is 2.48. The number of Topliss-reactive ketones (excluding diaryl/α,β-unsaturated/α-hetero) is 2. The Kier molecular flexibility index (Phi) is 11.6. The molecule has 0 spiro atoms. The number of nitrogens with zero attached hydrogens (tertiary/aromatic N) is 1. The van der Waals surface area contributed by atoms with Gasteiger partial charge in [0.15, 0.2) is 18.1 Å².